The molecule has 0 saturated carbocycles. The SMILES string of the molecule is CNC1CCN(c2ccc3c(c2)n(C)c(=O)n3C2CCC(=O)NC2=O)CC1. The van der Waals surface area contributed by atoms with Crippen LogP contribution in [0.25, 0.3) is 11.0 Å². The van der Waals surface area contributed by atoms with Crippen LogP contribution in [-0.2, 0) is 16.6 Å². The number of amides is 2. The summed E-state index contributed by atoms with van der Waals surface area (Å²) in [6.07, 6.45) is 2.77. The molecule has 2 aliphatic heterocycles. The summed E-state index contributed by atoms with van der Waals surface area (Å²) in [5.41, 5.74) is 2.39. The van der Waals surface area contributed by atoms with Crippen LogP contribution in [0, 0.1) is 0 Å². The topological polar surface area (TPSA) is 88.4 Å². The van der Waals surface area contributed by atoms with Gasteiger partial charge in [-0.15, -0.1) is 0 Å². The first kappa shape index (κ1) is 17.8. The molecule has 1 aromatic carbocycles. The van der Waals surface area contributed by atoms with Crippen LogP contribution in [0.5, 0.6) is 0 Å². The summed E-state index contributed by atoms with van der Waals surface area (Å²) < 4.78 is 3.11. The van der Waals surface area contributed by atoms with Crippen molar-refractivity contribution in [1.82, 2.24) is 19.8 Å². The summed E-state index contributed by atoms with van der Waals surface area (Å²) in [6, 6.07) is 5.88. The summed E-state index contributed by atoms with van der Waals surface area (Å²) in [5, 5.41) is 5.67. The van der Waals surface area contributed by atoms with Gasteiger partial charge in [0.15, 0.2) is 0 Å². The molecule has 2 fully saturated rings. The van der Waals surface area contributed by atoms with Gasteiger partial charge in [0, 0.05) is 38.3 Å². The average Bonchev–Trinajstić information content (AvgIpc) is 2.92. The quantitative estimate of drug-likeness (QED) is 0.768. The summed E-state index contributed by atoms with van der Waals surface area (Å²) in [4.78, 5) is 38.9. The molecule has 2 aliphatic rings. The van der Waals surface area contributed by atoms with Gasteiger partial charge >= 0.3 is 5.69 Å². The van der Waals surface area contributed by atoms with E-state index in [9.17, 15) is 14.4 Å². The second kappa shape index (κ2) is 6.84. The van der Waals surface area contributed by atoms with Gasteiger partial charge < -0.3 is 10.2 Å². The van der Waals surface area contributed by atoms with E-state index in [-0.39, 0.29) is 18.0 Å². The van der Waals surface area contributed by atoms with Crippen molar-refractivity contribution in [3.63, 3.8) is 0 Å². The number of carbonyl (C=O) groups excluding carboxylic acids is 2. The predicted octanol–water partition coefficient (Wildman–Crippen LogP) is 0.506. The highest BCUT2D eigenvalue weighted by Crippen LogP contribution is 2.27. The number of imide groups is 1. The molecule has 0 aliphatic carbocycles. The first-order valence-electron chi connectivity index (χ1n) is 9.46. The standard InChI is InChI=1S/C19H25N5O3/c1-20-12-7-9-23(10-8-12)13-3-4-14-16(11-13)22(2)19(27)24(14)15-5-6-17(25)21-18(15)26/h3-4,11-12,15,20H,5-10H2,1-2H3,(H,21,25,26). The van der Waals surface area contributed by atoms with Gasteiger partial charge in [-0.1, -0.05) is 0 Å². The monoisotopic (exact) mass is 371 g/mol. The number of fused-ring (bicyclic) bond motifs is 1. The van der Waals surface area contributed by atoms with Gasteiger partial charge in [-0.3, -0.25) is 24.0 Å². The Morgan fingerprint density at radius 3 is 2.48 bits per heavy atom. The van der Waals surface area contributed by atoms with Crippen LogP contribution in [-0.4, -0.2) is 47.1 Å². The van der Waals surface area contributed by atoms with Crippen molar-refractivity contribution in [2.24, 2.45) is 7.05 Å². The number of piperidine rings is 2. The van der Waals surface area contributed by atoms with Gasteiger partial charge in [0.25, 0.3) is 0 Å². The number of rotatable bonds is 3. The van der Waals surface area contributed by atoms with Gasteiger partial charge in [0.2, 0.25) is 11.8 Å². The number of aromatic nitrogens is 2. The highest BCUT2D eigenvalue weighted by atomic mass is 16.2. The molecule has 0 bridgehead atoms. The maximum Gasteiger partial charge on any atom is 0.329 e. The van der Waals surface area contributed by atoms with E-state index in [2.05, 4.69) is 15.5 Å². The van der Waals surface area contributed by atoms with E-state index in [1.807, 2.05) is 25.2 Å². The number of hydrogen-bond donors (Lipinski definition) is 2. The highest BCUT2D eigenvalue weighted by molar-refractivity contribution is 6.00. The maximum absolute atomic E-state index is 12.8. The largest absolute Gasteiger partial charge is 0.371 e. The molecule has 8 nitrogen and oxygen atoms in total. The lowest BCUT2D eigenvalue weighted by Crippen LogP contribution is -2.44. The Hall–Kier alpha value is -2.61. The van der Waals surface area contributed by atoms with Crippen LogP contribution in [0.3, 0.4) is 0 Å². The molecule has 144 valence electrons. The molecule has 2 N–H and O–H groups in total. The number of aryl methyl sites for hydroxylation is 1. The number of anilines is 1. The lowest BCUT2D eigenvalue weighted by molar-refractivity contribution is -0.135. The fourth-order valence-electron chi connectivity index (χ4n) is 4.20. The molecule has 2 amide bonds. The zero-order valence-corrected chi connectivity index (χ0v) is 15.7. The van der Waals surface area contributed by atoms with Crippen molar-refractivity contribution < 1.29 is 9.59 Å². The number of hydrogen-bond acceptors (Lipinski definition) is 5. The predicted molar refractivity (Wildman–Crippen MR) is 103 cm³/mol. The molecular formula is C19H25N5O3. The maximum atomic E-state index is 12.8. The van der Waals surface area contributed by atoms with E-state index in [1.165, 1.54) is 4.57 Å². The van der Waals surface area contributed by atoms with Crippen molar-refractivity contribution in [2.45, 2.75) is 37.8 Å². The Kier molecular flexibility index (Phi) is 4.51. The Balaban J connectivity index is 1.70. The molecular weight excluding hydrogens is 346 g/mol. The van der Waals surface area contributed by atoms with Crippen LogP contribution >= 0.6 is 0 Å². The minimum Gasteiger partial charge on any atom is -0.371 e. The summed E-state index contributed by atoms with van der Waals surface area (Å²) in [5.74, 6) is -0.684. The third-order valence-corrected chi connectivity index (χ3v) is 5.86. The van der Waals surface area contributed by atoms with Crippen molar-refractivity contribution in [2.75, 3.05) is 25.0 Å². The first-order chi connectivity index (χ1) is 13.0. The molecule has 0 radical (unpaired) electrons. The van der Waals surface area contributed by atoms with E-state index in [4.69, 9.17) is 0 Å². The van der Waals surface area contributed by atoms with Crippen molar-refractivity contribution in [3.8, 4) is 0 Å². The minimum absolute atomic E-state index is 0.231. The van der Waals surface area contributed by atoms with Crippen LogP contribution in [0.15, 0.2) is 23.0 Å². The van der Waals surface area contributed by atoms with E-state index >= 15 is 0 Å². The number of nitrogens with zero attached hydrogens (tertiary/aromatic N) is 3. The van der Waals surface area contributed by atoms with E-state index in [0.717, 1.165) is 42.7 Å². The minimum atomic E-state index is -0.642. The molecule has 2 aromatic rings. The lowest BCUT2D eigenvalue weighted by Gasteiger charge is -2.33. The second-order valence-corrected chi connectivity index (χ2v) is 7.40. The zero-order valence-electron chi connectivity index (χ0n) is 15.7. The number of imidazole rings is 1. The number of nitrogens with one attached hydrogen (secondary N) is 2. The van der Waals surface area contributed by atoms with Gasteiger partial charge in [0.1, 0.15) is 6.04 Å². The molecule has 1 aromatic heterocycles. The molecule has 3 heterocycles. The van der Waals surface area contributed by atoms with Crippen LogP contribution in [0.2, 0.25) is 0 Å². The van der Waals surface area contributed by atoms with Crippen LogP contribution < -0.4 is 21.2 Å². The number of carbonyl (C=O) groups is 2. The fourth-order valence-corrected chi connectivity index (χ4v) is 4.20. The first-order valence-corrected chi connectivity index (χ1v) is 9.46. The molecule has 8 heteroatoms. The summed E-state index contributed by atoms with van der Waals surface area (Å²) in [6.45, 7) is 1.94. The molecule has 2 saturated heterocycles. The smallest absolute Gasteiger partial charge is 0.329 e. The molecule has 4 rings (SSSR count). The normalized spacial score (nSPS) is 21.7. The van der Waals surface area contributed by atoms with Crippen molar-refractivity contribution in [3.05, 3.63) is 28.7 Å². The summed E-state index contributed by atoms with van der Waals surface area (Å²) in [7, 11) is 3.73. The summed E-state index contributed by atoms with van der Waals surface area (Å²) >= 11 is 0. The van der Waals surface area contributed by atoms with E-state index in [1.54, 1.807) is 11.6 Å². The van der Waals surface area contributed by atoms with Gasteiger partial charge in [-0.2, -0.15) is 0 Å². The van der Waals surface area contributed by atoms with E-state index in [0.29, 0.717) is 12.5 Å². The van der Waals surface area contributed by atoms with Crippen molar-refractivity contribution >= 4 is 28.5 Å². The Morgan fingerprint density at radius 2 is 1.81 bits per heavy atom. The number of benzene rings is 1. The molecule has 0 spiro atoms. The average molecular weight is 371 g/mol. The molecule has 27 heavy (non-hydrogen) atoms. The lowest BCUT2D eigenvalue weighted by atomic mass is 10.0. The highest BCUT2D eigenvalue weighted by Gasteiger charge is 2.31. The van der Waals surface area contributed by atoms with Gasteiger partial charge in [-0.05, 0) is 44.5 Å². The Labute approximate surface area is 157 Å². The van der Waals surface area contributed by atoms with Crippen LogP contribution in [0.1, 0.15) is 31.7 Å². The second-order valence-electron chi connectivity index (χ2n) is 7.40. The zero-order chi connectivity index (χ0) is 19.1. The van der Waals surface area contributed by atoms with Crippen molar-refractivity contribution in [1.29, 1.82) is 0 Å². The van der Waals surface area contributed by atoms with E-state index < -0.39 is 11.9 Å². The fraction of sp³-hybridized carbons (Fsp3) is 0.526. The molecule has 1 unspecified atom stereocenters. The Bertz CT molecular complexity index is 952. The van der Waals surface area contributed by atoms with Gasteiger partial charge in [-0.25, -0.2) is 4.79 Å². The van der Waals surface area contributed by atoms with Crippen LogP contribution in [0.4, 0.5) is 5.69 Å². The third-order valence-electron chi connectivity index (χ3n) is 5.86. The Morgan fingerprint density at radius 1 is 1.07 bits per heavy atom. The van der Waals surface area contributed by atoms with Gasteiger partial charge in [0.05, 0.1) is 11.0 Å². The third kappa shape index (κ3) is 3.03. The molecule has 1 atom stereocenters.